The van der Waals surface area contributed by atoms with Crippen LogP contribution < -0.4 is 10.6 Å². The Morgan fingerprint density at radius 1 is 0.458 bits per heavy atom. The second kappa shape index (κ2) is 30.5. The van der Waals surface area contributed by atoms with Crippen LogP contribution in [0, 0.1) is 0 Å². The number of carbonyl (C=O) groups is 3. The number of rotatable bonds is 24. The van der Waals surface area contributed by atoms with Gasteiger partial charge in [-0.25, -0.2) is 0 Å². The van der Waals surface area contributed by atoms with Crippen molar-refractivity contribution in [1.29, 1.82) is 0 Å². The number of ether oxygens (including phenoxy) is 12. The van der Waals surface area contributed by atoms with E-state index in [1.165, 1.54) is 6.92 Å². The maximum absolute atomic E-state index is 13.1. The minimum Gasteiger partial charge on any atom is -0.394 e. The summed E-state index contributed by atoms with van der Waals surface area (Å²) in [5, 5.41) is 219. The summed E-state index contributed by atoms with van der Waals surface area (Å²) in [6.07, 6.45) is -64.6. The Labute approximate surface area is 470 Å². The summed E-state index contributed by atoms with van der Waals surface area (Å²) >= 11 is 0. The molecule has 6 saturated heterocycles. The Kier molecular flexibility index (Phi) is 25.5. The molecule has 0 spiro atoms. The van der Waals surface area contributed by atoms with E-state index in [9.17, 15) is 117 Å². The Balaban J connectivity index is 1.38. The van der Waals surface area contributed by atoms with E-state index in [0.717, 1.165) is 13.8 Å². The zero-order valence-corrected chi connectivity index (χ0v) is 44.5. The number of aliphatic hydroxyl groups excluding tert-OH is 20. The molecule has 6 heterocycles. The lowest BCUT2D eigenvalue weighted by Crippen LogP contribution is -2.70. The van der Waals surface area contributed by atoms with E-state index < -0.39 is 260 Å². The van der Waals surface area contributed by atoms with Crippen LogP contribution in [-0.2, 0) is 71.2 Å². The van der Waals surface area contributed by atoms with Gasteiger partial charge in [0.1, 0.15) is 165 Å². The fraction of sp³-hybridized carbons (Fsp3) is 0.935. The first-order valence-corrected chi connectivity index (χ1v) is 26.2. The average Bonchev–Trinajstić information content (AvgIpc) is 3.64. The molecule has 0 aliphatic carbocycles. The highest BCUT2D eigenvalue weighted by molar-refractivity contribution is 5.73. The molecule has 6 rings (SSSR count). The first kappa shape index (κ1) is 69.4. The summed E-state index contributed by atoms with van der Waals surface area (Å²) < 4.78 is 70.3. The van der Waals surface area contributed by atoms with Crippen LogP contribution >= 0.6 is 0 Å². The van der Waals surface area contributed by atoms with Crippen molar-refractivity contribution in [1.82, 2.24) is 10.6 Å². The molecule has 0 unspecified atom stereocenters. The van der Waals surface area contributed by atoms with Gasteiger partial charge in [0.05, 0.1) is 45.7 Å². The maximum Gasteiger partial charge on any atom is 0.217 e. The van der Waals surface area contributed by atoms with Crippen molar-refractivity contribution in [2.24, 2.45) is 0 Å². The van der Waals surface area contributed by atoms with Gasteiger partial charge in [-0.2, -0.15) is 0 Å². The molecule has 6 aliphatic heterocycles. The number of nitrogens with one attached hydrogen (secondary N) is 2. The smallest absolute Gasteiger partial charge is 0.217 e. The van der Waals surface area contributed by atoms with E-state index in [2.05, 4.69) is 10.6 Å². The van der Waals surface area contributed by atoms with Gasteiger partial charge in [0.2, 0.25) is 11.8 Å². The molecule has 83 heavy (non-hydrogen) atoms. The van der Waals surface area contributed by atoms with Crippen LogP contribution in [0.1, 0.15) is 20.8 Å². The lowest BCUT2D eigenvalue weighted by Gasteiger charge is -2.51. The predicted molar refractivity (Wildman–Crippen MR) is 255 cm³/mol. The number of amides is 2. The minimum absolute atomic E-state index is 0.189. The number of aliphatic hydroxyl groups is 20. The average molecular weight is 1220 g/mol. The standard InChI is InChI=1S/C46H78N2O35/c1-11-23(59)29(65)32(68)43(73-11)82-39-22(48-13(3)56)41(77-19(9-54)37(39)80-44-33(69)30(66)25(61)16(6-51)75-44)72-10-20-28(64)40(35(71)46(78-20)79-36(15(58)5-50)24(60)14(57)4-49)83-42-21(47-12(2)55)38(27(63)18(8-53)74-42)81-45-34(70)31(67)26(62)17(7-52)76-45/h4,11,14-46,50-54,57-71H,5-10H2,1-3H3,(H,47,55)(H,48,56)/t11-,14-,15+,16+,17+,18+,19+,20+,21+,22+,23+,24+,25-,26-,27+,28-,29+,30-,31-,32-,33+,34+,35+,36+,37+,38+,39+,40-,41+,42-,43-,44-,45-,46-/m0/s1. The number of carbonyl (C=O) groups excluding carboxylic acids is 3. The van der Waals surface area contributed by atoms with Gasteiger partial charge in [0.25, 0.3) is 0 Å². The lowest BCUT2D eigenvalue weighted by atomic mass is 9.94. The second-order valence-corrected chi connectivity index (χ2v) is 20.7. The quantitative estimate of drug-likeness (QED) is 0.0399. The third kappa shape index (κ3) is 15.6. The first-order chi connectivity index (χ1) is 39.2. The van der Waals surface area contributed by atoms with Gasteiger partial charge in [-0.1, -0.05) is 0 Å². The van der Waals surface area contributed by atoms with E-state index in [4.69, 9.17) is 56.8 Å². The van der Waals surface area contributed by atoms with Crippen molar-refractivity contribution >= 4 is 18.1 Å². The number of aldehydes is 1. The zero-order chi connectivity index (χ0) is 61.6. The van der Waals surface area contributed by atoms with Gasteiger partial charge in [-0.05, 0) is 6.92 Å². The van der Waals surface area contributed by atoms with E-state index in [1.807, 2.05) is 0 Å². The van der Waals surface area contributed by atoms with Crippen LogP contribution in [-0.4, -0.2) is 368 Å². The van der Waals surface area contributed by atoms with Gasteiger partial charge in [0.15, 0.2) is 44.0 Å². The molecule has 0 bridgehead atoms. The molecule has 0 aromatic rings. The summed E-state index contributed by atoms with van der Waals surface area (Å²) in [4.78, 5) is 37.5. The highest BCUT2D eigenvalue weighted by Gasteiger charge is 2.58. The second-order valence-electron chi connectivity index (χ2n) is 20.7. The number of hydrogen-bond acceptors (Lipinski definition) is 35. The fourth-order valence-electron chi connectivity index (χ4n) is 10.2. The Bertz CT molecular complexity index is 2020. The first-order valence-electron chi connectivity index (χ1n) is 26.2. The molecule has 37 nitrogen and oxygen atoms in total. The zero-order valence-electron chi connectivity index (χ0n) is 44.5. The predicted octanol–water partition coefficient (Wildman–Crippen LogP) is -15.1. The lowest BCUT2D eigenvalue weighted by molar-refractivity contribution is -0.382. The van der Waals surface area contributed by atoms with Crippen molar-refractivity contribution in [3.63, 3.8) is 0 Å². The van der Waals surface area contributed by atoms with Crippen LogP contribution in [0.4, 0.5) is 0 Å². The van der Waals surface area contributed by atoms with Crippen LogP contribution in [0.15, 0.2) is 0 Å². The molecule has 0 aromatic carbocycles. The highest BCUT2D eigenvalue weighted by Crippen LogP contribution is 2.37. The van der Waals surface area contributed by atoms with Gasteiger partial charge in [-0.3, -0.25) is 9.59 Å². The van der Waals surface area contributed by atoms with Crippen LogP contribution in [0.5, 0.6) is 0 Å². The molecule has 22 N–H and O–H groups in total. The van der Waals surface area contributed by atoms with Gasteiger partial charge < -0.3 is 174 Å². The molecular weight excluding hydrogens is 1140 g/mol. The Morgan fingerprint density at radius 2 is 0.867 bits per heavy atom. The van der Waals surface area contributed by atoms with Crippen molar-refractivity contribution in [3.05, 3.63) is 0 Å². The van der Waals surface area contributed by atoms with Gasteiger partial charge in [-0.15, -0.1) is 0 Å². The minimum atomic E-state index is -2.44. The molecule has 37 heteroatoms. The third-order valence-corrected chi connectivity index (χ3v) is 14.8. The molecule has 0 saturated carbocycles. The summed E-state index contributed by atoms with van der Waals surface area (Å²) in [6, 6.07) is -3.70. The summed E-state index contributed by atoms with van der Waals surface area (Å²) in [7, 11) is 0. The fourth-order valence-corrected chi connectivity index (χ4v) is 10.2. The Hall–Kier alpha value is -2.67. The van der Waals surface area contributed by atoms with Crippen LogP contribution in [0.3, 0.4) is 0 Å². The molecule has 6 aliphatic rings. The van der Waals surface area contributed by atoms with Gasteiger partial charge >= 0.3 is 0 Å². The monoisotopic (exact) mass is 1220 g/mol. The van der Waals surface area contributed by atoms with Crippen molar-refractivity contribution in [2.45, 2.75) is 229 Å². The maximum atomic E-state index is 13.1. The molecular formula is C46H78N2O35. The van der Waals surface area contributed by atoms with Crippen molar-refractivity contribution in [3.8, 4) is 0 Å². The molecule has 482 valence electrons. The van der Waals surface area contributed by atoms with Crippen LogP contribution in [0.2, 0.25) is 0 Å². The normalized spacial score (nSPS) is 46.7. The van der Waals surface area contributed by atoms with E-state index >= 15 is 0 Å². The molecule has 0 radical (unpaired) electrons. The highest BCUT2D eigenvalue weighted by atomic mass is 16.8. The summed E-state index contributed by atoms with van der Waals surface area (Å²) in [5.74, 6) is -1.83. The summed E-state index contributed by atoms with van der Waals surface area (Å²) in [6.45, 7) is -3.20. The van der Waals surface area contributed by atoms with E-state index in [-0.39, 0.29) is 6.29 Å². The SMILES string of the molecule is CC(=O)N[C@H]1[C@H](OC[C@H]2O[C@@H](O[C@@H]([C@H](O)[C@@H](O)C=O)[C@H](O)CO)[C@H](O)[C@@H](O[C@@H]3O[C@H](CO)[C@@H](O)[C@H](O[C@@H]4O[C@H](CO)[C@H](O)[C@H](O)[C@H]4O)[C@H]3NC(C)=O)[C@H]2O)O[C@H](CO)[C@@H](O[C@@H]2O[C@H](CO)[C@H](O)[C@H](O)[C@H]2O)[C@@H]1O[C@@H]1O[C@@H](C)[C@@H](O)[C@@H](O)[C@@H]1O. The largest absolute Gasteiger partial charge is 0.394 e. The van der Waals surface area contributed by atoms with E-state index in [0.29, 0.717) is 0 Å². The topological polar surface area (TPSA) is 591 Å². The number of hydrogen-bond donors (Lipinski definition) is 22. The summed E-state index contributed by atoms with van der Waals surface area (Å²) in [5.41, 5.74) is 0. The van der Waals surface area contributed by atoms with E-state index in [1.54, 1.807) is 0 Å². The van der Waals surface area contributed by atoms with Gasteiger partial charge in [0, 0.05) is 13.8 Å². The molecule has 34 atom stereocenters. The van der Waals surface area contributed by atoms with Crippen molar-refractivity contribution in [2.75, 3.05) is 39.6 Å². The molecule has 2 amide bonds. The van der Waals surface area contributed by atoms with Crippen LogP contribution in [0.25, 0.3) is 0 Å². The Morgan fingerprint density at radius 3 is 1.36 bits per heavy atom. The molecule has 6 fully saturated rings. The third-order valence-electron chi connectivity index (χ3n) is 14.8. The van der Waals surface area contributed by atoms with Crippen molar-refractivity contribution < 1.29 is 173 Å². The molecule has 0 aromatic heterocycles.